The second-order valence-corrected chi connectivity index (χ2v) is 7.77. The summed E-state index contributed by atoms with van der Waals surface area (Å²) in [6.07, 6.45) is 3.09. The molecule has 1 aromatic carbocycles. The number of carbonyl (C=O) groups excluding carboxylic acids is 1. The lowest BCUT2D eigenvalue weighted by molar-refractivity contribution is 0.0525. The largest absolute Gasteiger partial charge is 0.497 e. The van der Waals surface area contributed by atoms with Gasteiger partial charge >= 0.3 is 5.97 Å². The van der Waals surface area contributed by atoms with E-state index >= 15 is 0 Å². The molecule has 1 N–H and O–H groups in total. The van der Waals surface area contributed by atoms with Crippen LogP contribution in [0.1, 0.15) is 22.3 Å². The summed E-state index contributed by atoms with van der Waals surface area (Å²) in [5, 5.41) is 12.9. The van der Waals surface area contributed by atoms with Crippen LogP contribution in [0.2, 0.25) is 5.02 Å². The smallest absolute Gasteiger partial charge is 0.369 e. The highest BCUT2D eigenvalue weighted by Crippen LogP contribution is 2.33. The van der Waals surface area contributed by atoms with Gasteiger partial charge in [-0.3, -0.25) is 4.57 Å². The number of nitrogens with one attached hydrogen (secondary N) is 1. The maximum absolute atomic E-state index is 11.9. The lowest BCUT2D eigenvalue weighted by atomic mass is 10.2. The monoisotopic (exact) mass is 474 g/mol. The van der Waals surface area contributed by atoms with Crippen LogP contribution in [0.25, 0.3) is 16.2 Å². The zero-order valence-electron chi connectivity index (χ0n) is 17.5. The van der Waals surface area contributed by atoms with Crippen molar-refractivity contribution in [1.82, 2.24) is 24.7 Å². The number of hydrogen-bond donors (Lipinski definition) is 1. The van der Waals surface area contributed by atoms with Crippen LogP contribution in [-0.2, 0) is 11.3 Å². The summed E-state index contributed by atoms with van der Waals surface area (Å²) in [7, 11) is 3.20. The maximum atomic E-state index is 11.9. The van der Waals surface area contributed by atoms with Gasteiger partial charge in [0, 0.05) is 24.4 Å². The number of halogens is 1. The second kappa shape index (κ2) is 9.37. The van der Waals surface area contributed by atoms with Crippen LogP contribution in [-0.4, -0.2) is 51.5 Å². The Morgan fingerprint density at radius 1 is 1.22 bits per heavy atom. The third kappa shape index (κ3) is 4.16. The van der Waals surface area contributed by atoms with Crippen molar-refractivity contribution < 1.29 is 19.0 Å². The van der Waals surface area contributed by atoms with Crippen LogP contribution >= 0.6 is 22.9 Å². The molecular formula is C20H19ClN6O4S. The van der Waals surface area contributed by atoms with E-state index in [0.717, 1.165) is 16.9 Å². The predicted octanol–water partition coefficient (Wildman–Crippen LogP) is 3.73. The molecule has 0 bridgehead atoms. The van der Waals surface area contributed by atoms with Gasteiger partial charge in [0.2, 0.25) is 10.1 Å². The van der Waals surface area contributed by atoms with Crippen LogP contribution in [0.5, 0.6) is 11.5 Å². The lowest BCUT2D eigenvalue weighted by Crippen LogP contribution is -2.04. The molecule has 166 valence electrons. The molecule has 0 unspecified atom stereocenters. The lowest BCUT2D eigenvalue weighted by Gasteiger charge is -2.12. The summed E-state index contributed by atoms with van der Waals surface area (Å²) in [5.41, 5.74) is 1.44. The predicted molar refractivity (Wildman–Crippen MR) is 120 cm³/mol. The fraction of sp³-hybridized carbons (Fsp3) is 0.250. The Balaban J connectivity index is 1.64. The third-order valence-corrected chi connectivity index (χ3v) is 5.74. The number of ether oxygens (including phenoxy) is 3. The number of carbonyl (C=O) groups is 1. The summed E-state index contributed by atoms with van der Waals surface area (Å²) in [6, 6.07) is 5.58. The second-order valence-electron chi connectivity index (χ2n) is 6.41. The third-order valence-electron chi connectivity index (χ3n) is 4.55. The van der Waals surface area contributed by atoms with Crippen molar-refractivity contribution in [3.05, 3.63) is 46.3 Å². The van der Waals surface area contributed by atoms with E-state index < -0.39 is 5.97 Å². The van der Waals surface area contributed by atoms with Crippen molar-refractivity contribution in [1.29, 1.82) is 0 Å². The van der Waals surface area contributed by atoms with Gasteiger partial charge in [-0.15, -0.1) is 10.2 Å². The zero-order valence-corrected chi connectivity index (χ0v) is 19.0. The standard InChI is InChI=1S/C20H19ClN6O4S/c1-4-31-19(28)18-25-26-20(32-18)27-9-13(21)15-16(23-10-24-17(15)27)22-8-11-5-6-12(29-2)7-14(11)30-3/h5-7,9-10H,4,8H2,1-3H3,(H,22,23,24). The molecule has 10 nitrogen and oxygen atoms in total. The van der Waals surface area contributed by atoms with Crippen LogP contribution < -0.4 is 14.8 Å². The molecule has 0 spiro atoms. The van der Waals surface area contributed by atoms with Gasteiger partial charge in [0.15, 0.2) is 5.65 Å². The summed E-state index contributed by atoms with van der Waals surface area (Å²) >= 11 is 7.60. The number of hydrogen-bond acceptors (Lipinski definition) is 10. The Labute approximate surface area is 192 Å². The van der Waals surface area contributed by atoms with Crippen molar-refractivity contribution in [2.24, 2.45) is 0 Å². The Hall–Kier alpha value is -3.44. The molecular weight excluding hydrogens is 456 g/mol. The summed E-state index contributed by atoms with van der Waals surface area (Å²) < 4.78 is 17.3. The van der Waals surface area contributed by atoms with E-state index in [9.17, 15) is 4.79 Å². The Morgan fingerprint density at radius 2 is 2.06 bits per heavy atom. The van der Waals surface area contributed by atoms with Crippen molar-refractivity contribution in [2.75, 3.05) is 26.1 Å². The van der Waals surface area contributed by atoms with Crippen LogP contribution in [0.4, 0.5) is 5.82 Å². The van der Waals surface area contributed by atoms with Crippen LogP contribution in [0.3, 0.4) is 0 Å². The average Bonchev–Trinajstić information content (AvgIpc) is 3.43. The van der Waals surface area contributed by atoms with Gasteiger partial charge in [0.1, 0.15) is 23.6 Å². The van der Waals surface area contributed by atoms with Gasteiger partial charge in [0.05, 0.1) is 31.2 Å². The molecule has 3 aromatic heterocycles. The number of anilines is 1. The quantitative estimate of drug-likeness (QED) is 0.381. The number of nitrogens with zero attached hydrogens (tertiary/aromatic N) is 5. The van der Waals surface area contributed by atoms with Crippen molar-refractivity contribution in [3.63, 3.8) is 0 Å². The fourth-order valence-electron chi connectivity index (χ4n) is 3.06. The van der Waals surface area contributed by atoms with E-state index in [1.165, 1.54) is 6.33 Å². The van der Waals surface area contributed by atoms with E-state index in [-0.39, 0.29) is 11.6 Å². The van der Waals surface area contributed by atoms with Gasteiger partial charge in [0.25, 0.3) is 0 Å². The van der Waals surface area contributed by atoms with Gasteiger partial charge in [-0.1, -0.05) is 22.9 Å². The van der Waals surface area contributed by atoms with E-state index in [0.29, 0.717) is 45.0 Å². The van der Waals surface area contributed by atoms with Crippen molar-refractivity contribution in [2.45, 2.75) is 13.5 Å². The molecule has 0 saturated carbocycles. The highest BCUT2D eigenvalue weighted by molar-refractivity contribution is 7.15. The molecule has 12 heteroatoms. The molecule has 32 heavy (non-hydrogen) atoms. The van der Waals surface area contributed by atoms with Crippen LogP contribution in [0.15, 0.2) is 30.7 Å². The minimum absolute atomic E-state index is 0.152. The topological polar surface area (TPSA) is 113 Å². The van der Waals surface area contributed by atoms with Gasteiger partial charge in [-0.05, 0) is 19.1 Å². The summed E-state index contributed by atoms with van der Waals surface area (Å²) in [6.45, 7) is 2.42. The summed E-state index contributed by atoms with van der Waals surface area (Å²) in [4.78, 5) is 20.6. The molecule has 0 amide bonds. The molecule has 0 fully saturated rings. The molecule has 0 aliphatic carbocycles. The van der Waals surface area contributed by atoms with E-state index in [1.54, 1.807) is 31.9 Å². The number of aromatic nitrogens is 5. The first-order valence-corrected chi connectivity index (χ1v) is 10.7. The van der Waals surface area contributed by atoms with Crippen LogP contribution in [0, 0.1) is 0 Å². The van der Waals surface area contributed by atoms with E-state index in [1.807, 2.05) is 18.2 Å². The molecule has 0 atom stereocenters. The minimum atomic E-state index is -0.524. The summed E-state index contributed by atoms with van der Waals surface area (Å²) in [5.74, 6) is 1.41. The first-order valence-electron chi connectivity index (χ1n) is 9.53. The highest BCUT2D eigenvalue weighted by Gasteiger charge is 2.20. The normalized spacial score (nSPS) is 10.9. The van der Waals surface area contributed by atoms with E-state index in [2.05, 4.69) is 25.5 Å². The highest BCUT2D eigenvalue weighted by atomic mass is 35.5. The van der Waals surface area contributed by atoms with E-state index in [4.69, 9.17) is 25.8 Å². The Bertz CT molecular complexity index is 1270. The Kier molecular flexibility index (Phi) is 6.37. The minimum Gasteiger partial charge on any atom is -0.497 e. The molecule has 4 aromatic rings. The zero-order chi connectivity index (χ0) is 22.7. The average molecular weight is 475 g/mol. The fourth-order valence-corrected chi connectivity index (χ4v) is 4.05. The molecule has 0 aliphatic rings. The number of methoxy groups -OCH3 is 2. The molecule has 0 radical (unpaired) electrons. The number of fused-ring (bicyclic) bond motifs is 1. The number of benzene rings is 1. The Morgan fingerprint density at radius 3 is 2.81 bits per heavy atom. The molecule has 0 aliphatic heterocycles. The first-order chi connectivity index (χ1) is 15.5. The molecule has 3 heterocycles. The van der Waals surface area contributed by atoms with Gasteiger partial charge in [-0.25, -0.2) is 14.8 Å². The molecule has 4 rings (SSSR count). The van der Waals surface area contributed by atoms with Crippen molar-refractivity contribution >= 4 is 45.8 Å². The van der Waals surface area contributed by atoms with Gasteiger partial charge in [-0.2, -0.15) is 0 Å². The number of rotatable bonds is 8. The van der Waals surface area contributed by atoms with Gasteiger partial charge < -0.3 is 19.5 Å². The molecule has 0 saturated heterocycles. The number of esters is 1. The SMILES string of the molecule is CCOC(=O)c1nnc(-n2cc(Cl)c3c(NCc4ccc(OC)cc4OC)ncnc32)s1. The first kappa shape index (κ1) is 21.8. The van der Waals surface area contributed by atoms with Crippen molar-refractivity contribution in [3.8, 4) is 16.6 Å². The maximum Gasteiger partial charge on any atom is 0.369 e.